The predicted octanol–water partition coefficient (Wildman–Crippen LogP) is 4.97. The van der Waals surface area contributed by atoms with Crippen LogP contribution in [0.3, 0.4) is 0 Å². The van der Waals surface area contributed by atoms with Crippen LogP contribution in [-0.4, -0.2) is 11.5 Å². The summed E-state index contributed by atoms with van der Waals surface area (Å²) in [6.07, 6.45) is -0.952. The normalized spacial score (nSPS) is 12.9. The highest BCUT2D eigenvalue weighted by Gasteiger charge is 2.30. The zero-order valence-electron chi connectivity index (χ0n) is 11.6. The Morgan fingerprint density at radius 3 is 2.20 bits per heavy atom. The van der Waals surface area contributed by atoms with Crippen LogP contribution in [0.25, 0.3) is 0 Å². The molecule has 0 N–H and O–H groups in total. The molecule has 0 aliphatic rings. The number of alkyl halides is 3. The summed E-state index contributed by atoms with van der Waals surface area (Å²) in [5.41, 5.74) is -0.837. The molecular weight excluding hydrogens is 285 g/mol. The molecule has 1 aromatic carbocycles. The van der Waals surface area contributed by atoms with Crippen LogP contribution in [0.2, 0.25) is 0 Å². The van der Waals surface area contributed by atoms with Gasteiger partial charge in [0.2, 0.25) is 0 Å². The quantitative estimate of drug-likeness (QED) is 0.564. The fourth-order valence-corrected chi connectivity index (χ4v) is 2.36. The van der Waals surface area contributed by atoms with E-state index < -0.39 is 11.7 Å². The van der Waals surface area contributed by atoms with Gasteiger partial charge in [-0.3, -0.25) is 4.79 Å². The van der Waals surface area contributed by atoms with Crippen molar-refractivity contribution in [3.63, 3.8) is 0 Å². The maximum absolute atomic E-state index is 12.4. The number of thioether (sulfide) groups is 1. The Bertz CT molecular complexity index is 487. The average Bonchev–Trinajstić information content (AvgIpc) is 2.34. The highest BCUT2D eigenvalue weighted by Crippen LogP contribution is 2.32. The molecular formula is C15H17F3OS. The second-order valence-corrected chi connectivity index (χ2v) is 6.29. The number of ketones is 1. The maximum Gasteiger partial charge on any atom is 0.416 e. The SMILES string of the molecule is CC(=O)C=CC(C)(C)CSc1ccc(C(F)(F)F)cc1. The van der Waals surface area contributed by atoms with E-state index >= 15 is 0 Å². The van der Waals surface area contributed by atoms with Crippen molar-refractivity contribution >= 4 is 17.5 Å². The highest BCUT2D eigenvalue weighted by molar-refractivity contribution is 7.99. The van der Waals surface area contributed by atoms with E-state index in [4.69, 9.17) is 0 Å². The summed E-state index contributed by atoms with van der Waals surface area (Å²) in [6.45, 7) is 5.43. The first-order valence-electron chi connectivity index (χ1n) is 6.10. The van der Waals surface area contributed by atoms with Gasteiger partial charge in [0, 0.05) is 10.6 Å². The van der Waals surface area contributed by atoms with E-state index in [1.807, 2.05) is 19.9 Å². The molecule has 0 fully saturated rings. The smallest absolute Gasteiger partial charge is 0.295 e. The molecule has 1 rings (SSSR count). The van der Waals surface area contributed by atoms with E-state index in [-0.39, 0.29) is 11.2 Å². The van der Waals surface area contributed by atoms with Gasteiger partial charge in [-0.05, 0) is 42.7 Å². The van der Waals surface area contributed by atoms with Crippen LogP contribution in [0.5, 0.6) is 0 Å². The van der Waals surface area contributed by atoms with Crippen molar-refractivity contribution in [3.8, 4) is 0 Å². The Kier molecular flexibility index (Phi) is 5.45. The van der Waals surface area contributed by atoms with Crippen LogP contribution in [0, 0.1) is 5.41 Å². The fourth-order valence-electron chi connectivity index (χ4n) is 1.40. The lowest BCUT2D eigenvalue weighted by atomic mass is 9.95. The maximum atomic E-state index is 12.4. The van der Waals surface area contributed by atoms with E-state index in [0.717, 1.165) is 17.0 Å². The van der Waals surface area contributed by atoms with Gasteiger partial charge in [-0.1, -0.05) is 19.9 Å². The first-order valence-corrected chi connectivity index (χ1v) is 7.09. The Morgan fingerprint density at radius 1 is 1.20 bits per heavy atom. The van der Waals surface area contributed by atoms with Crippen LogP contribution in [0.1, 0.15) is 26.3 Å². The summed E-state index contributed by atoms with van der Waals surface area (Å²) in [7, 11) is 0. The van der Waals surface area contributed by atoms with Gasteiger partial charge in [-0.2, -0.15) is 13.2 Å². The first kappa shape index (κ1) is 16.8. The summed E-state index contributed by atoms with van der Waals surface area (Å²) < 4.78 is 37.3. The van der Waals surface area contributed by atoms with Crippen molar-refractivity contribution in [2.75, 3.05) is 5.75 Å². The lowest BCUT2D eigenvalue weighted by molar-refractivity contribution is -0.137. The lowest BCUT2D eigenvalue weighted by Crippen LogP contribution is -2.11. The standard InChI is InChI=1S/C15H17F3OS/c1-11(19)8-9-14(2,3)10-20-13-6-4-12(5-7-13)15(16,17)18/h4-9H,10H2,1-3H3. The summed E-state index contributed by atoms with van der Waals surface area (Å²) in [5.74, 6) is 0.667. The Hall–Kier alpha value is -1.23. The van der Waals surface area contributed by atoms with Gasteiger partial charge < -0.3 is 0 Å². The van der Waals surface area contributed by atoms with Crippen molar-refractivity contribution in [3.05, 3.63) is 42.0 Å². The van der Waals surface area contributed by atoms with Gasteiger partial charge >= 0.3 is 6.18 Å². The molecule has 0 aromatic heterocycles. The number of halogens is 3. The molecule has 0 heterocycles. The topological polar surface area (TPSA) is 17.1 Å². The molecule has 1 aromatic rings. The predicted molar refractivity (Wildman–Crippen MR) is 75.8 cm³/mol. The molecule has 0 saturated heterocycles. The van der Waals surface area contributed by atoms with Crippen molar-refractivity contribution in [2.24, 2.45) is 5.41 Å². The molecule has 0 bridgehead atoms. The van der Waals surface area contributed by atoms with E-state index in [0.29, 0.717) is 5.75 Å². The minimum absolute atomic E-state index is 0.0161. The molecule has 0 atom stereocenters. The number of carbonyl (C=O) groups is 1. The molecule has 5 heteroatoms. The lowest BCUT2D eigenvalue weighted by Gasteiger charge is -2.19. The Balaban J connectivity index is 2.64. The number of rotatable bonds is 5. The number of hydrogen-bond donors (Lipinski definition) is 0. The molecule has 1 nitrogen and oxygen atoms in total. The van der Waals surface area contributed by atoms with Crippen LogP contribution in [0.4, 0.5) is 13.2 Å². The summed E-state index contributed by atoms with van der Waals surface area (Å²) >= 11 is 1.47. The third-order valence-corrected chi connectivity index (χ3v) is 4.06. The van der Waals surface area contributed by atoms with Gasteiger partial charge in [0.25, 0.3) is 0 Å². The van der Waals surface area contributed by atoms with Crippen LogP contribution in [0.15, 0.2) is 41.3 Å². The largest absolute Gasteiger partial charge is 0.416 e. The molecule has 0 aliphatic carbocycles. The van der Waals surface area contributed by atoms with Gasteiger partial charge in [0.05, 0.1) is 5.56 Å². The monoisotopic (exact) mass is 302 g/mol. The van der Waals surface area contributed by atoms with E-state index in [2.05, 4.69) is 0 Å². The fraction of sp³-hybridized carbons (Fsp3) is 0.400. The van der Waals surface area contributed by atoms with Crippen LogP contribution in [-0.2, 0) is 11.0 Å². The van der Waals surface area contributed by atoms with Crippen molar-refractivity contribution in [1.29, 1.82) is 0 Å². The van der Waals surface area contributed by atoms with Crippen LogP contribution >= 0.6 is 11.8 Å². The zero-order valence-corrected chi connectivity index (χ0v) is 12.4. The number of hydrogen-bond acceptors (Lipinski definition) is 2. The molecule has 0 radical (unpaired) electrons. The van der Waals surface area contributed by atoms with Crippen molar-refractivity contribution in [2.45, 2.75) is 31.8 Å². The van der Waals surface area contributed by atoms with E-state index in [1.54, 1.807) is 0 Å². The van der Waals surface area contributed by atoms with Gasteiger partial charge in [0.1, 0.15) is 0 Å². The second-order valence-electron chi connectivity index (χ2n) is 5.24. The average molecular weight is 302 g/mol. The summed E-state index contributed by atoms with van der Waals surface area (Å²) in [5, 5.41) is 0. The molecule has 20 heavy (non-hydrogen) atoms. The molecule has 0 amide bonds. The van der Waals surface area contributed by atoms with Gasteiger partial charge in [-0.25, -0.2) is 0 Å². The Labute approximate surface area is 121 Å². The molecule has 0 unspecified atom stereocenters. The zero-order chi connectivity index (χ0) is 15.4. The summed E-state index contributed by atoms with van der Waals surface area (Å²) in [4.78, 5) is 11.7. The van der Waals surface area contributed by atoms with Gasteiger partial charge in [0.15, 0.2) is 5.78 Å². The van der Waals surface area contributed by atoms with E-state index in [1.165, 1.54) is 36.9 Å². The Morgan fingerprint density at radius 2 is 1.75 bits per heavy atom. The second kappa shape index (κ2) is 6.48. The first-order chi connectivity index (χ1) is 9.10. The third-order valence-electron chi connectivity index (χ3n) is 2.56. The van der Waals surface area contributed by atoms with Gasteiger partial charge in [-0.15, -0.1) is 11.8 Å². The van der Waals surface area contributed by atoms with Crippen molar-refractivity contribution < 1.29 is 18.0 Å². The minimum Gasteiger partial charge on any atom is -0.295 e. The van der Waals surface area contributed by atoms with E-state index in [9.17, 15) is 18.0 Å². The van der Waals surface area contributed by atoms with Crippen molar-refractivity contribution in [1.82, 2.24) is 0 Å². The molecule has 0 aliphatic heterocycles. The summed E-state index contributed by atoms with van der Waals surface area (Å²) in [6, 6.07) is 5.11. The number of allylic oxidation sites excluding steroid dienone is 2. The highest BCUT2D eigenvalue weighted by atomic mass is 32.2. The van der Waals surface area contributed by atoms with Crippen LogP contribution < -0.4 is 0 Å². The molecule has 0 saturated carbocycles. The number of carbonyl (C=O) groups excluding carboxylic acids is 1. The number of benzene rings is 1. The molecule has 0 spiro atoms. The molecule has 110 valence electrons. The third kappa shape index (κ3) is 5.82. The minimum atomic E-state index is -4.30.